The zero-order chi connectivity index (χ0) is 52.7. The van der Waals surface area contributed by atoms with E-state index in [-0.39, 0.29) is 19.1 Å². The minimum atomic E-state index is -4.58. The first-order valence-electron chi connectivity index (χ1n) is 31.3. The van der Waals surface area contributed by atoms with Crippen molar-refractivity contribution in [1.29, 1.82) is 0 Å². The van der Waals surface area contributed by atoms with Crippen LogP contribution in [0.3, 0.4) is 0 Å². The van der Waals surface area contributed by atoms with Gasteiger partial charge in [0.15, 0.2) is 0 Å². The van der Waals surface area contributed by atoms with E-state index in [0.29, 0.717) is 23.9 Å². The number of aliphatic hydroxyl groups is 1. The molecule has 0 aromatic carbocycles. The molecular formula is C63H123N2O6P. The van der Waals surface area contributed by atoms with E-state index in [1.807, 2.05) is 21.1 Å². The Morgan fingerprint density at radius 3 is 1.24 bits per heavy atom. The second-order valence-corrected chi connectivity index (χ2v) is 24.2. The first kappa shape index (κ1) is 70.7. The summed E-state index contributed by atoms with van der Waals surface area (Å²) in [5.74, 6) is -0.172. The maximum Gasteiger partial charge on any atom is 0.268 e. The molecule has 3 unspecified atom stereocenters. The van der Waals surface area contributed by atoms with Gasteiger partial charge < -0.3 is 28.8 Å². The van der Waals surface area contributed by atoms with Crippen molar-refractivity contribution in [1.82, 2.24) is 5.32 Å². The Kier molecular flexibility index (Phi) is 53.5. The van der Waals surface area contributed by atoms with Gasteiger partial charge in [-0.1, -0.05) is 294 Å². The molecule has 9 heteroatoms. The summed E-state index contributed by atoms with van der Waals surface area (Å²) in [6, 6.07) is -0.807. The van der Waals surface area contributed by atoms with Gasteiger partial charge in [-0.25, -0.2) is 0 Å². The highest BCUT2D eigenvalue weighted by atomic mass is 31.2. The van der Waals surface area contributed by atoms with Crippen LogP contribution in [0.15, 0.2) is 36.5 Å². The fourth-order valence-electron chi connectivity index (χ4n) is 9.53. The molecular weight excluding hydrogens is 912 g/mol. The van der Waals surface area contributed by atoms with E-state index in [9.17, 15) is 19.4 Å². The summed E-state index contributed by atoms with van der Waals surface area (Å²) in [5, 5.41) is 14.0. The van der Waals surface area contributed by atoms with Gasteiger partial charge in [0.1, 0.15) is 13.2 Å². The van der Waals surface area contributed by atoms with Crippen LogP contribution in [-0.2, 0) is 18.4 Å². The number of hydrogen-bond donors (Lipinski definition) is 2. The van der Waals surface area contributed by atoms with Crippen molar-refractivity contribution >= 4 is 13.7 Å². The third-order valence-electron chi connectivity index (χ3n) is 14.4. The van der Waals surface area contributed by atoms with E-state index in [0.717, 1.165) is 64.2 Å². The lowest BCUT2D eigenvalue weighted by atomic mass is 10.0. The fourth-order valence-corrected chi connectivity index (χ4v) is 10.3. The van der Waals surface area contributed by atoms with E-state index < -0.39 is 20.0 Å². The molecule has 0 aromatic heterocycles. The van der Waals surface area contributed by atoms with Crippen LogP contribution in [0, 0.1) is 0 Å². The molecule has 0 rings (SSSR count). The number of likely N-dealkylation sites (N-methyl/N-ethyl adjacent to an activating group) is 1. The Morgan fingerprint density at radius 2 is 0.847 bits per heavy atom. The van der Waals surface area contributed by atoms with Gasteiger partial charge in [-0.3, -0.25) is 9.36 Å². The van der Waals surface area contributed by atoms with Crippen LogP contribution in [0.1, 0.15) is 309 Å². The SMILES string of the molecule is CC/C=C\C/C=C\C/C=C\CCCCCCCCCC(=O)NC(COP(=O)([O-])OCC[N+](C)(C)C)C(O)CCCCCCCCCCCCCCCCCCCCCCCCCCCCCCCCCCC. The number of nitrogens with one attached hydrogen (secondary N) is 1. The molecule has 0 aliphatic heterocycles. The molecule has 0 aliphatic rings. The fraction of sp³-hybridized carbons (Fsp3) is 0.889. The number of allylic oxidation sites excluding steroid dienone is 6. The van der Waals surface area contributed by atoms with E-state index in [1.165, 1.54) is 218 Å². The third kappa shape index (κ3) is 56.4. The van der Waals surface area contributed by atoms with Gasteiger partial charge in [-0.05, 0) is 44.9 Å². The van der Waals surface area contributed by atoms with Crippen LogP contribution in [0.5, 0.6) is 0 Å². The summed E-state index contributed by atoms with van der Waals surface area (Å²) in [5.41, 5.74) is 0. The molecule has 8 nitrogen and oxygen atoms in total. The molecule has 2 N–H and O–H groups in total. The summed E-state index contributed by atoms with van der Waals surface area (Å²) in [6.07, 6.45) is 70.7. The quantitative estimate of drug-likeness (QED) is 0.0272. The predicted octanol–water partition coefficient (Wildman–Crippen LogP) is 18.7. The molecule has 3 atom stereocenters. The Morgan fingerprint density at radius 1 is 0.500 bits per heavy atom. The number of unbranched alkanes of at least 4 members (excludes halogenated alkanes) is 39. The standard InChI is InChI=1S/C63H123N2O6P/c1-6-8-10-12-14-16-18-20-22-24-25-26-27-28-29-30-31-32-33-34-35-36-37-38-39-41-42-44-46-48-50-52-54-56-62(66)61(60-71-72(68,69)70-59-58-65(3,4)5)64-63(67)57-55-53-51-49-47-45-43-40-23-21-19-17-15-13-11-9-7-2/h9,11,15,17,21,23,61-62,66H,6-8,10,12-14,16,18-20,22,24-60H2,1-5H3,(H-,64,67,68,69)/b11-9-,17-15-,23-21-. The second kappa shape index (κ2) is 54.5. The van der Waals surface area contributed by atoms with Crippen molar-refractivity contribution in [3.05, 3.63) is 36.5 Å². The number of aliphatic hydroxyl groups excluding tert-OH is 1. The van der Waals surface area contributed by atoms with E-state index in [2.05, 4.69) is 55.6 Å². The summed E-state index contributed by atoms with van der Waals surface area (Å²) in [7, 11) is 1.30. The number of phosphoric acid groups is 1. The zero-order valence-electron chi connectivity index (χ0n) is 48.6. The third-order valence-corrected chi connectivity index (χ3v) is 15.4. The number of carbonyl (C=O) groups is 1. The summed E-state index contributed by atoms with van der Waals surface area (Å²) in [6.45, 7) is 4.64. The van der Waals surface area contributed by atoms with Gasteiger partial charge >= 0.3 is 0 Å². The van der Waals surface area contributed by atoms with Crippen molar-refractivity contribution < 1.29 is 32.9 Å². The van der Waals surface area contributed by atoms with Gasteiger partial charge in [0.25, 0.3) is 7.82 Å². The maximum atomic E-state index is 13.0. The number of quaternary nitrogens is 1. The molecule has 72 heavy (non-hydrogen) atoms. The summed E-state index contributed by atoms with van der Waals surface area (Å²) in [4.78, 5) is 25.5. The van der Waals surface area contributed by atoms with Crippen LogP contribution in [0.25, 0.3) is 0 Å². The van der Waals surface area contributed by atoms with Crippen LogP contribution < -0.4 is 10.2 Å². The van der Waals surface area contributed by atoms with Crippen molar-refractivity contribution in [2.75, 3.05) is 40.9 Å². The van der Waals surface area contributed by atoms with Gasteiger partial charge in [0.05, 0.1) is 39.9 Å². The lowest BCUT2D eigenvalue weighted by Crippen LogP contribution is -2.46. The largest absolute Gasteiger partial charge is 0.756 e. The smallest absolute Gasteiger partial charge is 0.268 e. The molecule has 0 saturated carbocycles. The maximum absolute atomic E-state index is 13.0. The summed E-state index contributed by atoms with van der Waals surface area (Å²) >= 11 is 0. The van der Waals surface area contributed by atoms with Crippen molar-refractivity contribution in [3.63, 3.8) is 0 Å². The van der Waals surface area contributed by atoms with Crippen molar-refractivity contribution in [2.24, 2.45) is 0 Å². The molecule has 0 radical (unpaired) electrons. The highest BCUT2D eigenvalue weighted by molar-refractivity contribution is 7.45. The minimum absolute atomic E-state index is 0.00998. The topological polar surface area (TPSA) is 108 Å². The Labute approximate surface area is 448 Å². The first-order chi connectivity index (χ1) is 35.0. The molecule has 0 aliphatic carbocycles. The van der Waals surface area contributed by atoms with E-state index in [4.69, 9.17) is 9.05 Å². The van der Waals surface area contributed by atoms with Crippen molar-refractivity contribution in [3.8, 4) is 0 Å². The van der Waals surface area contributed by atoms with Crippen LogP contribution >= 0.6 is 7.82 Å². The van der Waals surface area contributed by atoms with E-state index in [1.54, 1.807) is 0 Å². The molecule has 0 heterocycles. The van der Waals surface area contributed by atoms with Crippen LogP contribution in [0.2, 0.25) is 0 Å². The molecule has 1 amide bonds. The lowest BCUT2D eigenvalue weighted by Gasteiger charge is -2.30. The van der Waals surface area contributed by atoms with Crippen LogP contribution in [0.4, 0.5) is 0 Å². The average Bonchev–Trinajstić information content (AvgIpc) is 3.34. The number of carbonyl (C=O) groups excluding carboxylic acids is 1. The number of rotatable bonds is 58. The molecule has 0 aromatic rings. The first-order valence-corrected chi connectivity index (χ1v) is 32.8. The number of phosphoric ester groups is 1. The van der Waals surface area contributed by atoms with E-state index >= 15 is 0 Å². The Balaban J connectivity index is 4.00. The van der Waals surface area contributed by atoms with Crippen LogP contribution in [-0.4, -0.2) is 68.5 Å². The van der Waals surface area contributed by atoms with Gasteiger partial charge in [0, 0.05) is 6.42 Å². The molecule has 0 fully saturated rings. The summed E-state index contributed by atoms with van der Waals surface area (Å²) < 4.78 is 23.4. The minimum Gasteiger partial charge on any atom is -0.756 e. The number of hydrogen-bond acceptors (Lipinski definition) is 6. The van der Waals surface area contributed by atoms with Gasteiger partial charge in [-0.2, -0.15) is 0 Å². The monoisotopic (exact) mass is 1030 g/mol. The Hall–Kier alpha value is -1.28. The highest BCUT2D eigenvalue weighted by Crippen LogP contribution is 2.38. The normalized spacial score (nSPS) is 14.0. The Bertz CT molecular complexity index is 1270. The lowest BCUT2D eigenvalue weighted by molar-refractivity contribution is -0.870. The average molecular weight is 1040 g/mol. The van der Waals surface area contributed by atoms with Gasteiger partial charge in [-0.15, -0.1) is 0 Å². The zero-order valence-corrected chi connectivity index (χ0v) is 49.5. The predicted molar refractivity (Wildman–Crippen MR) is 311 cm³/mol. The van der Waals surface area contributed by atoms with Crippen molar-refractivity contribution in [2.45, 2.75) is 321 Å². The highest BCUT2D eigenvalue weighted by Gasteiger charge is 2.24. The molecule has 426 valence electrons. The van der Waals surface area contributed by atoms with Gasteiger partial charge in [0.2, 0.25) is 5.91 Å². The molecule has 0 saturated heterocycles. The molecule has 0 spiro atoms. The number of nitrogens with zero attached hydrogens (tertiary/aromatic N) is 1. The molecule has 0 bridgehead atoms. The second-order valence-electron chi connectivity index (χ2n) is 22.7. The number of amides is 1.